The monoisotopic (exact) mass is 447 g/mol. The number of rotatable bonds is 15. The summed E-state index contributed by atoms with van der Waals surface area (Å²) in [6.07, 6.45) is 24.8. The highest BCUT2D eigenvalue weighted by Gasteiger charge is 2.37. The van der Waals surface area contributed by atoms with Crippen LogP contribution >= 0.6 is 15.9 Å². The molecule has 0 amide bonds. The van der Waals surface area contributed by atoms with Gasteiger partial charge in [0.05, 0.1) is 0 Å². The molecule has 3 heteroatoms. The van der Waals surface area contributed by atoms with Crippen LogP contribution in [0, 0.1) is 5.92 Å². The van der Waals surface area contributed by atoms with Crippen LogP contribution in [-0.4, -0.2) is 30.1 Å². The Morgan fingerprint density at radius 3 is 1.81 bits per heavy atom. The SMILES string of the molecule is CCCCCCCCCCCCCCC1(Br)CCCCC1CCO.CNC. The first-order chi connectivity index (χ1) is 13.1. The van der Waals surface area contributed by atoms with Crippen molar-refractivity contribution in [3.05, 3.63) is 0 Å². The fraction of sp³-hybridized carbons (Fsp3) is 1.00. The average molecular weight is 449 g/mol. The molecule has 1 fully saturated rings. The van der Waals surface area contributed by atoms with Gasteiger partial charge in [0.15, 0.2) is 0 Å². The quantitative estimate of drug-likeness (QED) is 0.199. The molecule has 0 aliphatic heterocycles. The second-order valence-corrected chi connectivity index (χ2v) is 10.2. The van der Waals surface area contributed by atoms with Crippen molar-refractivity contribution in [2.75, 3.05) is 20.7 Å². The lowest BCUT2D eigenvalue weighted by Gasteiger charge is -2.40. The van der Waals surface area contributed by atoms with Gasteiger partial charge in [-0.1, -0.05) is 113 Å². The molecule has 0 aromatic heterocycles. The van der Waals surface area contributed by atoms with Crippen LogP contribution < -0.4 is 5.32 Å². The summed E-state index contributed by atoms with van der Waals surface area (Å²) < 4.78 is 0.340. The van der Waals surface area contributed by atoms with Crippen LogP contribution in [0.5, 0.6) is 0 Å². The van der Waals surface area contributed by atoms with Crippen LogP contribution in [0.3, 0.4) is 0 Å². The molecule has 0 heterocycles. The maximum Gasteiger partial charge on any atom is 0.0434 e. The van der Waals surface area contributed by atoms with Crippen LogP contribution in [-0.2, 0) is 0 Å². The number of halogens is 1. The highest BCUT2D eigenvalue weighted by Crippen LogP contribution is 2.45. The number of hydrogen-bond acceptors (Lipinski definition) is 2. The van der Waals surface area contributed by atoms with E-state index in [1.54, 1.807) is 0 Å². The highest BCUT2D eigenvalue weighted by atomic mass is 79.9. The maximum absolute atomic E-state index is 9.30. The van der Waals surface area contributed by atoms with Crippen LogP contribution in [0.1, 0.15) is 122 Å². The molecule has 2 unspecified atom stereocenters. The van der Waals surface area contributed by atoms with E-state index in [2.05, 4.69) is 28.2 Å². The van der Waals surface area contributed by atoms with Gasteiger partial charge in [0.2, 0.25) is 0 Å². The molecule has 1 rings (SSSR count). The third kappa shape index (κ3) is 15.0. The second-order valence-electron chi connectivity index (χ2n) is 8.63. The molecule has 27 heavy (non-hydrogen) atoms. The molecular formula is C24H50BrNO. The first-order valence-corrected chi connectivity index (χ1v) is 12.8. The fourth-order valence-electron chi connectivity index (χ4n) is 4.42. The number of nitrogens with one attached hydrogen (secondary N) is 1. The van der Waals surface area contributed by atoms with Crippen molar-refractivity contribution < 1.29 is 5.11 Å². The molecule has 0 radical (unpaired) electrons. The zero-order valence-corrected chi connectivity index (χ0v) is 20.4. The summed E-state index contributed by atoms with van der Waals surface area (Å²) in [5.41, 5.74) is 0. The van der Waals surface area contributed by atoms with Crippen LogP contribution in [0.4, 0.5) is 0 Å². The first-order valence-electron chi connectivity index (χ1n) is 12.0. The maximum atomic E-state index is 9.30. The molecule has 164 valence electrons. The van der Waals surface area contributed by atoms with Gasteiger partial charge < -0.3 is 10.4 Å². The van der Waals surface area contributed by atoms with Crippen molar-refractivity contribution in [3.63, 3.8) is 0 Å². The normalized spacial score (nSPS) is 22.3. The van der Waals surface area contributed by atoms with Crippen LogP contribution in [0.2, 0.25) is 0 Å². The highest BCUT2D eigenvalue weighted by molar-refractivity contribution is 9.10. The Morgan fingerprint density at radius 2 is 1.33 bits per heavy atom. The van der Waals surface area contributed by atoms with Crippen molar-refractivity contribution in [1.29, 1.82) is 0 Å². The largest absolute Gasteiger partial charge is 0.396 e. The Labute approximate surface area is 179 Å². The predicted molar refractivity (Wildman–Crippen MR) is 126 cm³/mol. The van der Waals surface area contributed by atoms with Crippen LogP contribution in [0.25, 0.3) is 0 Å². The molecule has 0 aromatic rings. The molecule has 1 saturated carbocycles. The van der Waals surface area contributed by atoms with Gasteiger partial charge in [0, 0.05) is 10.9 Å². The lowest BCUT2D eigenvalue weighted by atomic mass is 9.75. The zero-order chi connectivity index (χ0) is 20.2. The molecule has 1 aliphatic rings. The molecule has 0 bridgehead atoms. The Kier molecular flexibility index (Phi) is 20.0. The Balaban J connectivity index is 0.00000210. The molecule has 0 saturated heterocycles. The topological polar surface area (TPSA) is 32.3 Å². The molecular weight excluding hydrogens is 398 g/mol. The molecule has 0 aromatic carbocycles. The van der Waals surface area contributed by atoms with E-state index in [-0.39, 0.29) is 0 Å². The minimum atomic E-state index is 0.340. The molecule has 0 spiro atoms. The summed E-state index contributed by atoms with van der Waals surface area (Å²) in [5.74, 6) is 0.698. The van der Waals surface area contributed by atoms with E-state index in [1.807, 2.05) is 14.1 Å². The zero-order valence-electron chi connectivity index (χ0n) is 18.8. The van der Waals surface area contributed by atoms with Crippen LogP contribution in [0.15, 0.2) is 0 Å². The number of unbranched alkanes of at least 4 members (excludes halogenated alkanes) is 11. The van der Waals surface area contributed by atoms with Gasteiger partial charge in [-0.15, -0.1) is 0 Å². The van der Waals surface area contributed by atoms with Gasteiger partial charge in [0.25, 0.3) is 0 Å². The van der Waals surface area contributed by atoms with Crippen molar-refractivity contribution in [2.45, 2.75) is 127 Å². The molecule has 2 N–H and O–H groups in total. The Morgan fingerprint density at radius 1 is 0.852 bits per heavy atom. The van der Waals surface area contributed by atoms with E-state index in [0.717, 1.165) is 6.42 Å². The van der Waals surface area contributed by atoms with E-state index in [1.165, 1.54) is 109 Å². The van der Waals surface area contributed by atoms with E-state index < -0.39 is 0 Å². The van der Waals surface area contributed by atoms with Gasteiger partial charge in [-0.25, -0.2) is 0 Å². The van der Waals surface area contributed by atoms with E-state index >= 15 is 0 Å². The van der Waals surface area contributed by atoms with E-state index in [0.29, 0.717) is 16.8 Å². The minimum Gasteiger partial charge on any atom is -0.396 e. The number of hydrogen-bond donors (Lipinski definition) is 2. The van der Waals surface area contributed by atoms with Crippen molar-refractivity contribution in [1.82, 2.24) is 5.32 Å². The first kappa shape index (κ1) is 27.4. The Bertz CT molecular complexity index is 298. The third-order valence-corrected chi connectivity index (χ3v) is 7.49. The van der Waals surface area contributed by atoms with Gasteiger partial charge in [-0.3, -0.25) is 0 Å². The summed E-state index contributed by atoms with van der Waals surface area (Å²) in [7, 11) is 3.75. The van der Waals surface area contributed by atoms with Crippen molar-refractivity contribution in [3.8, 4) is 0 Å². The predicted octanol–water partition coefficient (Wildman–Crippen LogP) is 7.62. The van der Waals surface area contributed by atoms with E-state index in [9.17, 15) is 5.11 Å². The van der Waals surface area contributed by atoms with Gasteiger partial charge in [-0.2, -0.15) is 0 Å². The van der Waals surface area contributed by atoms with Gasteiger partial charge in [-0.05, 0) is 45.7 Å². The molecule has 1 aliphatic carbocycles. The smallest absolute Gasteiger partial charge is 0.0434 e. The summed E-state index contributed by atoms with van der Waals surface area (Å²) in [6, 6.07) is 0. The van der Waals surface area contributed by atoms with Crippen molar-refractivity contribution in [2.24, 2.45) is 5.92 Å². The summed E-state index contributed by atoms with van der Waals surface area (Å²) in [6.45, 7) is 2.65. The number of aliphatic hydroxyl groups is 1. The number of alkyl halides is 1. The lowest BCUT2D eigenvalue weighted by Crippen LogP contribution is -2.35. The molecule has 2 atom stereocenters. The summed E-state index contributed by atoms with van der Waals surface area (Å²) in [4.78, 5) is 0. The number of aliphatic hydroxyl groups excluding tert-OH is 1. The lowest BCUT2D eigenvalue weighted by molar-refractivity contribution is 0.191. The molecule has 2 nitrogen and oxygen atoms in total. The fourth-order valence-corrected chi connectivity index (χ4v) is 5.44. The van der Waals surface area contributed by atoms with Gasteiger partial charge >= 0.3 is 0 Å². The average Bonchev–Trinajstić information content (AvgIpc) is 2.65. The standard InChI is InChI=1S/C22H43BrO.C2H7N/c1-2-3-4-5-6-7-8-9-10-11-12-14-18-22(23)19-15-13-16-21(22)17-20-24;1-3-2/h21,24H,2-20H2,1H3;3H,1-2H3. The third-order valence-electron chi connectivity index (χ3n) is 6.05. The van der Waals surface area contributed by atoms with Gasteiger partial charge in [0.1, 0.15) is 0 Å². The van der Waals surface area contributed by atoms with E-state index in [4.69, 9.17) is 0 Å². The minimum absolute atomic E-state index is 0.340. The Hall–Kier alpha value is 0.400. The summed E-state index contributed by atoms with van der Waals surface area (Å²) in [5, 5.41) is 12.1. The second kappa shape index (κ2) is 19.7. The summed E-state index contributed by atoms with van der Waals surface area (Å²) >= 11 is 4.08. The van der Waals surface area contributed by atoms with Crippen molar-refractivity contribution >= 4 is 15.9 Å².